The summed E-state index contributed by atoms with van der Waals surface area (Å²) in [6.07, 6.45) is 0. The molecule has 0 spiro atoms. The minimum atomic E-state index is 0.0820. The SMILES string of the molecule is CCN1CCN(C(=O)c2cccc(-c3cc(Cl)ccc3OC)c2)CC1. The Hall–Kier alpha value is -2.04. The monoisotopic (exact) mass is 358 g/mol. The largest absolute Gasteiger partial charge is 0.496 e. The minimum Gasteiger partial charge on any atom is -0.496 e. The Bertz CT molecular complexity index is 755. The second kappa shape index (κ2) is 7.89. The van der Waals surface area contributed by atoms with Gasteiger partial charge in [-0.3, -0.25) is 4.79 Å². The molecule has 0 saturated carbocycles. The van der Waals surface area contributed by atoms with Crippen LogP contribution in [-0.2, 0) is 0 Å². The van der Waals surface area contributed by atoms with Crippen LogP contribution in [-0.4, -0.2) is 55.5 Å². The van der Waals surface area contributed by atoms with Crippen LogP contribution < -0.4 is 4.74 Å². The lowest BCUT2D eigenvalue weighted by Crippen LogP contribution is -2.48. The van der Waals surface area contributed by atoms with E-state index in [1.165, 1.54) is 0 Å². The van der Waals surface area contributed by atoms with E-state index in [4.69, 9.17) is 16.3 Å². The first-order valence-electron chi connectivity index (χ1n) is 8.58. The van der Waals surface area contributed by atoms with Gasteiger partial charge in [0.1, 0.15) is 5.75 Å². The van der Waals surface area contributed by atoms with Crippen LogP contribution in [0.15, 0.2) is 42.5 Å². The van der Waals surface area contributed by atoms with Crippen molar-refractivity contribution in [3.05, 3.63) is 53.1 Å². The molecule has 1 aliphatic rings. The van der Waals surface area contributed by atoms with Crippen molar-refractivity contribution in [2.75, 3.05) is 39.8 Å². The summed E-state index contributed by atoms with van der Waals surface area (Å²) in [6.45, 7) is 6.61. The number of carbonyl (C=O) groups is 1. The summed E-state index contributed by atoms with van der Waals surface area (Å²) in [5, 5.41) is 0.642. The number of ether oxygens (including phenoxy) is 1. The Labute approximate surface area is 154 Å². The van der Waals surface area contributed by atoms with Gasteiger partial charge in [-0.2, -0.15) is 0 Å². The van der Waals surface area contributed by atoms with Crippen molar-refractivity contribution >= 4 is 17.5 Å². The molecule has 3 rings (SSSR count). The van der Waals surface area contributed by atoms with Gasteiger partial charge in [-0.25, -0.2) is 0 Å². The average Bonchev–Trinajstić information content (AvgIpc) is 2.67. The quantitative estimate of drug-likeness (QED) is 0.833. The number of nitrogens with zero attached hydrogens (tertiary/aromatic N) is 2. The molecule has 0 unspecified atom stereocenters. The average molecular weight is 359 g/mol. The highest BCUT2D eigenvalue weighted by Crippen LogP contribution is 2.33. The first-order chi connectivity index (χ1) is 12.1. The maximum atomic E-state index is 12.8. The van der Waals surface area contributed by atoms with E-state index in [0.717, 1.165) is 49.6 Å². The molecule has 1 amide bonds. The van der Waals surface area contributed by atoms with Crippen LogP contribution in [0.1, 0.15) is 17.3 Å². The van der Waals surface area contributed by atoms with Gasteiger partial charge in [0.2, 0.25) is 0 Å². The van der Waals surface area contributed by atoms with Crippen molar-refractivity contribution in [2.45, 2.75) is 6.92 Å². The number of rotatable bonds is 4. The lowest BCUT2D eigenvalue weighted by molar-refractivity contribution is 0.0643. The summed E-state index contributed by atoms with van der Waals surface area (Å²) in [6, 6.07) is 13.2. The predicted octanol–water partition coefficient (Wildman–Crippen LogP) is 3.79. The molecular formula is C20H23ClN2O2. The summed E-state index contributed by atoms with van der Waals surface area (Å²) >= 11 is 6.14. The number of hydrogen-bond donors (Lipinski definition) is 0. The maximum absolute atomic E-state index is 12.8. The Morgan fingerprint density at radius 1 is 1.12 bits per heavy atom. The van der Waals surface area contributed by atoms with E-state index in [1.54, 1.807) is 13.2 Å². The van der Waals surface area contributed by atoms with Gasteiger partial charge in [-0.1, -0.05) is 30.7 Å². The van der Waals surface area contributed by atoms with E-state index >= 15 is 0 Å². The van der Waals surface area contributed by atoms with Gasteiger partial charge >= 0.3 is 0 Å². The highest BCUT2D eigenvalue weighted by atomic mass is 35.5. The van der Waals surface area contributed by atoms with Crippen molar-refractivity contribution in [1.82, 2.24) is 9.80 Å². The number of amides is 1. The first-order valence-corrected chi connectivity index (χ1v) is 8.95. The number of likely N-dealkylation sites (N-methyl/N-ethyl adjacent to an activating group) is 1. The molecule has 25 heavy (non-hydrogen) atoms. The normalized spacial score (nSPS) is 15.2. The molecule has 0 N–H and O–H groups in total. The van der Waals surface area contributed by atoms with Gasteiger partial charge in [-0.15, -0.1) is 0 Å². The van der Waals surface area contributed by atoms with E-state index in [-0.39, 0.29) is 5.91 Å². The Balaban J connectivity index is 1.85. The van der Waals surface area contributed by atoms with Crippen molar-refractivity contribution in [3.63, 3.8) is 0 Å². The van der Waals surface area contributed by atoms with E-state index < -0.39 is 0 Å². The minimum absolute atomic E-state index is 0.0820. The summed E-state index contributed by atoms with van der Waals surface area (Å²) in [7, 11) is 1.63. The summed E-state index contributed by atoms with van der Waals surface area (Å²) in [4.78, 5) is 17.1. The lowest BCUT2D eigenvalue weighted by atomic mass is 10.0. The van der Waals surface area contributed by atoms with Crippen LogP contribution >= 0.6 is 11.6 Å². The van der Waals surface area contributed by atoms with Crippen LogP contribution in [0.5, 0.6) is 5.75 Å². The highest BCUT2D eigenvalue weighted by molar-refractivity contribution is 6.31. The zero-order valence-electron chi connectivity index (χ0n) is 14.7. The molecule has 2 aromatic carbocycles. The van der Waals surface area contributed by atoms with Crippen LogP contribution in [0.2, 0.25) is 5.02 Å². The van der Waals surface area contributed by atoms with Crippen molar-refractivity contribution < 1.29 is 9.53 Å². The van der Waals surface area contributed by atoms with Crippen LogP contribution in [0.4, 0.5) is 0 Å². The zero-order chi connectivity index (χ0) is 17.8. The van der Waals surface area contributed by atoms with E-state index in [9.17, 15) is 4.79 Å². The number of methoxy groups -OCH3 is 1. The number of carbonyl (C=O) groups excluding carboxylic acids is 1. The van der Waals surface area contributed by atoms with Crippen LogP contribution in [0, 0.1) is 0 Å². The molecule has 0 aliphatic carbocycles. The first kappa shape index (κ1) is 17.8. The predicted molar refractivity (Wildman–Crippen MR) is 101 cm³/mol. The number of benzene rings is 2. The maximum Gasteiger partial charge on any atom is 0.253 e. The second-order valence-corrected chi connectivity index (χ2v) is 6.59. The standard InChI is InChI=1S/C20H23ClN2O2/c1-3-22-9-11-23(12-10-22)20(24)16-6-4-5-15(13-16)18-14-17(21)7-8-19(18)25-2/h4-8,13-14H,3,9-12H2,1-2H3. The summed E-state index contributed by atoms with van der Waals surface area (Å²) < 4.78 is 5.44. The summed E-state index contributed by atoms with van der Waals surface area (Å²) in [5.74, 6) is 0.823. The third-order valence-corrected chi connectivity index (χ3v) is 4.92. The third kappa shape index (κ3) is 3.97. The van der Waals surface area contributed by atoms with E-state index in [1.807, 2.05) is 41.3 Å². The Morgan fingerprint density at radius 2 is 1.88 bits per heavy atom. The summed E-state index contributed by atoms with van der Waals surface area (Å²) in [5.41, 5.74) is 2.52. The van der Waals surface area contributed by atoms with Crippen molar-refractivity contribution in [1.29, 1.82) is 0 Å². The Kier molecular flexibility index (Phi) is 5.61. The highest BCUT2D eigenvalue weighted by Gasteiger charge is 2.21. The van der Waals surface area contributed by atoms with Gasteiger partial charge in [0.25, 0.3) is 5.91 Å². The molecule has 2 aromatic rings. The fourth-order valence-corrected chi connectivity index (χ4v) is 3.35. The molecule has 0 aromatic heterocycles. The molecule has 1 saturated heterocycles. The zero-order valence-corrected chi connectivity index (χ0v) is 15.4. The van der Waals surface area contributed by atoms with Gasteiger partial charge in [0.05, 0.1) is 7.11 Å². The Morgan fingerprint density at radius 3 is 2.56 bits per heavy atom. The van der Waals surface area contributed by atoms with Crippen molar-refractivity contribution in [2.24, 2.45) is 0 Å². The van der Waals surface area contributed by atoms with Crippen LogP contribution in [0.25, 0.3) is 11.1 Å². The molecule has 0 radical (unpaired) electrons. The fourth-order valence-electron chi connectivity index (χ4n) is 3.18. The molecule has 132 valence electrons. The fraction of sp³-hybridized carbons (Fsp3) is 0.350. The van der Waals surface area contributed by atoms with Gasteiger partial charge < -0.3 is 14.5 Å². The number of halogens is 1. The smallest absolute Gasteiger partial charge is 0.253 e. The van der Waals surface area contributed by atoms with Gasteiger partial charge in [0.15, 0.2) is 0 Å². The topological polar surface area (TPSA) is 32.8 Å². The van der Waals surface area contributed by atoms with E-state index in [0.29, 0.717) is 10.6 Å². The molecule has 5 heteroatoms. The molecule has 1 fully saturated rings. The second-order valence-electron chi connectivity index (χ2n) is 6.15. The van der Waals surface area contributed by atoms with Crippen molar-refractivity contribution in [3.8, 4) is 16.9 Å². The molecule has 0 atom stereocenters. The molecule has 1 aliphatic heterocycles. The molecule has 0 bridgehead atoms. The molecular weight excluding hydrogens is 336 g/mol. The van der Waals surface area contributed by atoms with E-state index in [2.05, 4.69) is 11.8 Å². The number of piperazine rings is 1. The number of hydrogen-bond acceptors (Lipinski definition) is 3. The lowest BCUT2D eigenvalue weighted by Gasteiger charge is -2.34. The molecule has 4 nitrogen and oxygen atoms in total. The molecule has 1 heterocycles. The van der Waals surface area contributed by atoms with Gasteiger partial charge in [0, 0.05) is 42.3 Å². The van der Waals surface area contributed by atoms with Gasteiger partial charge in [-0.05, 0) is 42.4 Å². The third-order valence-electron chi connectivity index (χ3n) is 4.69. The van der Waals surface area contributed by atoms with Crippen LogP contribution in [0.3, 0.4) is 0 Å².